The number of nitrogens with one attached hydrogen (secondary N) is 2. The molecule has 0 aromatic heterocycles. The lowest BCUT2D eigenvalue weighted by Gasteiger charge is -2.13. The number of hydrogen-bond acceptors (Lipinski definition) is 3. The Morgan fingerprint density at radius 2 is 1.45 bits per heavy atom. The molecule has 118 valence electrons. The van der Waals surface area contributed by atoms with Crippen molar-refractivity contribution in [3.63, 3.8) is 0 Å². The van der Waals surface area contributed by atoms with Gasteiger partial charge >= 0.3 is 0 Å². The first-order valence-corrected chi connectivity index (χ1v) is 8.20. The molecule has 0 fully saturated rings. The average molecular weight is 388 g/mol. The summed E-state index contributed by atoms with van der Waals surface area (Å²) in [5.41, 5.74) is 2.20. The van der Waals surface area contributed by atoms with Gasteiger partial charge < -0.3 is 5.43 Å². The second-order valence-corrected chi connectivity index (χ2v) is 6.90. The molecule has 0 amide bonds. The normalized spacial score (nSPS) is 11.5. The van der Waals surface area contributed by atoms with Crippen molar-refractivity contribution >= 4 is 50.5 Å². The molecule has 0 unspecified atom stereocenters. The smallest absolute Gasteiger partial charge is 0.263 e. The average Bonchev–Trinajstić information content (AvgIpc) is 2.36. The van der Waals surface area contributed by atoms with Crippen molar-refractivity contribution in [2.45, 2.75) is 4.90 Å². The number of benzene rings is 2. The van der Waals surface area contributed by atoms with E-state index in [0.717, 1.165) is 18.2 Å². The molecule has 0 aliphatic heterocycles. The molecule has 0 saturated carbocycles. The monoisotopic (exact) mass is 386 g/mol. The summed E-state index contributed by atoms with van der Waals surface area (Å²) in [5.74, 6) is -2.47. The molecule has 10 heteroatoms. The van der Waals surface area contributed by atoms with Crippen molar-refractivity contribution in [1.82, 2.24) is 4.83 Å². The molecule has 2 aromatic carbocycles. The highest BCUT2D eigenvalue weighted by molar-refractivity contribution is 7.89. The van der Waals surface area contributed by atoms with Crippen molar-refractivity contribution in [3.05, 3.63) is 57.0 Å². The molecule has 2 rings (SSSR count). The number of halogens is 5. The molecular formula is C12H7Cl3F2N2O2S. The predicted molar refractivity (Wildman–Crippen MR) is 81.8 cm³/mol. The van der Waals surface area contributed by atoms with E-state index >= 15 is 0 Å². The molecule has 2 N–H and O–H groups in total. The first kappa shape index (κ1) is 17.2. The van der Waals surface area contributed by atoms with Gasteiger partial charge in [0.05, 0.1) is 15.7 Å². The highest BCUT2D eigenvalue weighted by atomic mass is 35.5. The van der Waals surface area contributed by atoms with Crippen LogP contribution >= 0.6 is 34.8 Å². The van der Waals surface area contributed by atoms with E-state index in [2.05, 4.69) is 5.43 Å². The molecule has 0 aliphatic rings. The summed E-state index contributed by atoms with van der Waals surface area (Å²) in [5, 5.41) is 0.284. The topological polar surface area (TPSA) is 58.2 Å². The van der Waals surface area contributed by atoms with E-state index in [0.29, 0.717) is 0 Å². The van der Waals surface area contributed by atoms with Crippen LogP contribution in [-0.2, 0) is 10.0 Å². The molecule has 0 heterocycles. The summed E-state index contributed by atoms with van der Waals surface area (Å²) < 4.78 is 51.0. The Labute approximate surface area is 140 Å². The van der Waals surface area contributed by atoms with Crippen LogP contribution in [0.4, 0.5) is 14.5 Å². The molecule has 0 spiro atoms. The third-order valence-electron chi connectivity index (χ3n) is 2.50. The van der Waals surface area contributed by atoms with Crippen LogP contribution in [0.1, 0.15) is 0 Å². The maximum Gasteiger partial charge on any atom is 0.263 e. The zero-order valence-electron chi connectivity index (χ0n) is 10.5. The second-order valence-electron chi connectivity index (χ2n) is 4.03. The van der Waals surface area contributed by atoms with Gasteiger partial charge in [0, 0.05) is 5.02 Å². The fourth-order valence-corrected chi connectivity index (χ4v) is 3.47. The number of anilines is 1. The first-order valence-electron chi connectivity index (χ1n) is 5.59. The van der Waals surface area contributed by atoms with Gasteiger partial charge in [0.1, 0.15) is 11.6 Å². The Kier molecular flexibility index (Phi) is 5.14. The third kappa shape index (κ3) is 3.61. The summed E-state index contributed by atoms with van der Waals surface area (Å²) in [7, 11) is -4.52. The van der Waals surface area contributed by atoms with Crippen LogP contribution in [-0.4, -0.2) is 8.42 Å². The van der Waals surface area contributed by atoms with Crippen LogP contribution in [0, 0.1) is 11.6 Å². The zero-order valence-corrected chi connectivity index (χ0v) is 13.6. The fraction of sp³-hybridized carbons (Fsp3) is 0. The Balaban J connectivity index is 2.32. The number of rotatable bonds is 4. The minimum absolute atomic E-state index is 0.00643. The van der Waals surface area contributed by atoms with Gasteiger partial charge in [0.25, 0.3) is 10.0 Å². The van der Waals surface area contributed by atoms with Crippen molar-refractivity contribution in [2.24, 2.45) is 0 Å². The van der Waals surface area contributed by atoms with Gasteiger partial charge in [-0.05, 0) is 24.3 Å². The molecule has 0 bridgehead atoms. The van der Waals surface area contributed by atoms with Crippen molar-refractivity contribution in [3.8, 4) is 0 Å². The summed E-state index contributed by atoms with van der Waals surface area (Å²) in [6.45, 7) is 0. The molecule has 2 aromatic rings. The summed E-state index contributed by atoms with van der Waals surface area (Å²) in [4.78, 5) is 0.683. The van der Waals surface area contributed by atoms with Gasteiger partial charge in [-0.3, -0.25) is 0 Å². The largest absolute Gasteiger partial charge is 0.305 e. The first-order chi connectivity index (χ1) is 10.2. The van der Waals surface area contributed by atoms with Crippen molar-refractivity contribution < 1.29 is 17.2 Å². The molecule has 0 radical (unpaired) electrons. The fourth-order valence-electron chi connectivity index (χ4n) is 1.57. The van der Waals surface area contributed by atoms with Gasteiger partial charge in [0.2, 0.25) is 0 Å². The summed E-state index contributed by atoms with van der Waals surface area (Å²) >= 11 is 17.4. The van der Waals surface area contributed by atoms with Crippen molar-refractivity contribution in [2.75, 3.05) is 5.43 Å². The quantitative estimate of drug-likeness (QED) is 0.772. The number of sulfonamides is 1. The van der Waals surface area contributed by atoms with E-state index in [1.807, 2.05) is 0 Å². The lowest BCUT2D eigenvalue weighted by atomic mass is 10.3. The molecule has 0 saturated heterocycles. The van der Waals surface area contributed by atoms with Crippen LogP contribution in [0.3, 0.4) is 0 Å². The lowest BCUT2D eigenvalue weighted by Crippen LogP contribution is -2.31. The highest BCUT2D eigenvalue weighted by Crippen LogP contribution is 2.33. The van der Waals surface area contributed by atoms with Gasteiger partial charge in [-0.15, -0.1) is 4.83 Å². The van der Waals surface area contributed by atoms with Gasteiger partial charge in [0.15, 0.2) is 4.90 Å². The third-order valence-corrected chi connectivity index (χ3v) is 4.62. The van der Waals surface area contributed by atoms with Crippen LogP contribution in [0.2, 0.25) is 15.1 Å². The zero-order chi connectivity index (χ0) is 16.5. The van der Waals surface area contributed by atoms with Crippen LogP contribution < -0.4 is 10.3 Å². The van der Waals surface area contributed by atoms with E-state index < -0.39 is 26.6 Å². The highest BCUT2D eigenvalue weighted by Gasteiger charge is 2.24. The minimum Gasteiger partial charge on any atom is -0.305 e. The summed E-state index contributed by atoms with van der Waals surface area (Å²) in [6.07, 6.45) is 0. The van der Waals surface area contributed by atoms with Crippen molar-refractivity contribution in [1.29, 1.82) is 0 Å². The Morgan fingerprint density at radius 3 is 1.95 bits per heavy atom. The molecule has 0 aliphatic carbocycles. The van der Waals surface area contributed by atoms with Crippen LogP contribution in [0.5, 0.6) is 0 Å². The SMILES string of the molecule is O=S(=O)(NNc1c(Cl)cc(Cl)cc1Cl)c1c(F)cccc1F. The van der Waals surface area contributed by atoms with E-state index in [1.165, 1.54) is 12.1 Å². The Bertz CT molecular complexity index is 788. The maximum atomic E-state index is 13.5. The van der Waals surface area contributed by atoms with Crippen LogP contribution in [0.25, 0.3) is 0 Å². The van der Waals surface area contributed by atoms with E-state index in [4.69, 9.17) is 34.8 Å². The van der Waals surface area contributed by atoms with Gasteiger partial charge in [-0.1, -0.05) is 40.9 Å². The number of hydrogen-bond donors (Lipinski definition) is 2. The molecular weight excluding hydrogens is 381 g/mol. The van der Waals surface area contributed by atoms with Crippen LogP contribution in [0.15, 0.2) is 35.2 Å². The van der Waals surface area contributed by atoms with E-state index in [9.17, 15) is 17.2 Å². The predicted octanol–water partition coefficient (Wildman–Crippen LogP) is 4.23. The minimum atomic E-state index is -4.52. The Morgan fingerprint density at radius 1 is 0.955 bits per heavy atom. The van der Waals surface area contributed by atoms with Gasteiger partial charge in [-0.2, -0.15) is 0 Å². The molecule has 0 atom stereocenters. The summed E-state index contributed by atoms with van der Waals surface area (Å²) in [6, 6.07) is 5.31. The van der Waals surface area contributed by atoms with E-state index in [-0.39, 0.29) is 20.8 Å². The number of hydrazine groups is 1. The van der Waals surface area contributed by atoms with E-state index in [1.54, 1.807) is 4.83 Å². The van der Waals surface area contributed by atoms with Gasteiger partial charge in [-0.25, -0.2) is 17.2 Å². The Hall–Kier alpha value is -1.12. The standard InChI is InChI=1S/C12H7Cl3F2N2O2S/c13-6-4-7(14)11(8(15)5-6)18-19-22(20,21)12-9(16)2-1-3-10(12)17/h1-5,18-19H. The second kappa shape index (κ2) is 6.55. The lowest BCUT2D eigenvalue weighted by molar-refractivity contribution is 0.516. The maximum absolute atomic E-state index is 13.5. The molecule has 4 nitrogen and oxygen atoms in total. The molecule has 22 heavy (non-hydrogen) atoms.